The molecule has 0 saturated carbocycles. The molecule has 194 valence electrons. The van der Waals surface area contributed by atoms with Crippen LogP contribution in [0.4, 0.5) is 22.0 Å². The highest BCUT2D eigenvalue weighted by atomic mass is 32.2. The molecule has 2 unspecified atom stereocenters. The minimum atomic E-state index is -4.24. The zero-order valence-corrected chi connectivity index (χ0v) is 19.9. The average Bonchev–Trinajstić information content (AvgIpc) is 3.25. The minimum Gasteiger partial charge on any atom is -0.298 e. The van der Waals surface area contributed by atoms with Crippen LogP contribution in [0.25, 0.3) is 5.57 Å². The van der Waals surface area contributed by atoms with E-state index >= 15 is 0 Å². The van der Waals surface area contributed by atoms with Crippen LogP contribution in [0.2, 0.25) is 0 Å². The van der Waals surface area contributed by atoms with Gasteiger partial charge in [-0.3, -0.25) is 4.79 Å². The number of ketones is 1. The summed E-state index contributed by atoms with van der Waals surface area (Å²) in [6.07, 6.45) is -3.16. The third-order valence-corrected chi connectivity index (χ3v) is 8.44. The molecule has 2 heterocycles. The molecule has 1 saturated heterocycles. The number of aryl methyl sites for hydroxylation is 1. The van der Waals surface area contributed by atoms with E-state index in [1.54, 1.807) is 6.07 Å². The fraction of sp³-hybridized carbons (Fsp3) is 0.458. The molecular formula is C24H24F5N3O3S. The second kappa shape index (κ2) is 10.3. The highest BCUT2D eigenvalue weighted by molar-refractivity contribution is 7.89. The SMILES string of the molecule is O=C(CCc1cc(C2=CCC(C(F)(F)F)CC2)ncn1)[C@@H]1CC(F)CN1S(=O)(=O)c1ccc(F)cc1. The van der Waals surface area contributed by atoms with Crippen molar-refractivity contribution in [2.45, 2.75) is 61.8 Å². The summed E-state index contributed by atoms with van der Waals surface area (Å²) in [6, 6.07) is 4.49. The predicted octanol–water partition coefficient (Wildman–Crippen LogP) is 4.66. The summed E-state index contributed by atoms with van der Waals surface area (Å²) >= 11 is 0. The summed E-state index contributed by atoms with van der Waals surface area (Å²) < 4.78 is 92.9. The first-order valence-electron chi connectivity index (χ1n) is 11.5. The highest BCUT2D eigenvalue weighted by Gasteiger charge is 2.44. The molecule has 0 bridgehead atoms. The molecule has 3 atom stereocenters. The molecule has 2 aromatic rings. The number of carbonyl (C=O) groups is 1. The molecule has 0 N–H and O–H groups in total. The van der Waals surface area contributed by atoms with Crippen molar-refractivity contribution in [3.63, 3.8) is 0 Å². The summed E-state index contributed by atoms with van der Waals surface area (Å²) in [4.78, 5) is 21.0. The average molecular weight is 530 g/mol. The van der Waals surface area contributed by atoms with E-state index in [1.807, 2.05) is 0 Å². The van der Waals surface area contributed by atoms with Crippen LogP contribution in [-0.2, 0) is 21.2 Å². The number of alkyl halides is 4. The van der Waals surface area contributed by atoms with Crippen LogP contribution < -0.4 is 0 Å². The van der Waals surface area contributed by atoms with E-state index in [2.05, 4.69) is 9.97 Å². The second-order valence-electron chi connectivity index (χ2n) is 8.98. The Balaban J connectivity index is 1.43. The molecule has 1 aliphatic carbocycles. The van der Waals surface area contributed by atoms with Crippen molar-refractivity contribution in [3.8, 4) is 0 Å². The van der Waals surface area contributed by atoms with Gasteiger partial charge < -0.3 is 0 Å². The minimum absolute atomic E-state index is 0.0302. The molecule has 1 fully saturated rings. The van der Waals surface area contributed by atoms with Gasteiger partial charge in [0.2, 0.25) is 10.0 Å². The number of aromatic nitrogens is 2. The Bertz CT molecular complexity index is 1250. The first kappa shape index (κ1) is 26.3. The van der Waals surface area contributed by atoms with Crippen molar-refractivity contribution in [2.24, 2.45) is 5.92 Å². The van der Waals surface area contributed by atoms with E-state index in [4.69, 9.17) is 0 Å². The van der Waals surface area contributed by atoms with Gasteiger partial charge in [-0.1, -0.05) is 6.08 Å². The molecule has 36 heavy (non-hydrogen) atoms. The van der Waals surface area contributed by atoms with Gasteiger partial charge in [-0.25, -0.2) is 27.2 Å². The number of carbonyl (C=O) groups excluding carboxylic acids is 1. The fourth-order valence-corrected chi connectivity index (χ4v) is 6.20. The molecule has 12 heteroatoms. The Hall–Kier alpha value is -2.73. The molecular weight excluding hydrogens is 505 g/mol. The summed E-state index contributed by atoms with van der Waals surface area (Å²) in [5.41, 5.74) is 1.63. The lowest BCUT2D eigenvalue weighted by atomic mass is 9.87. The van der Waals surface area contributed by atoms with E-state index in [0.717, 1.165) is 28.6 Å². The quantitative estimate of drug-likeness (QED) is 0.488. The molecule has 1 aromatic carbocycles. The number of allylic oxidation sites excluding steroid dienone is 2. The van der Waals surface area contributed by atoms with E-state index in [1.165, 1.54) is 12.4 Å². The van der Waals surface area contributed by atoms with E-state index in [0.29, 0.717) is 17.0 Å². The Morgan fingerprint density at radius 3 is 2.50 bits per heavy atom. The lowest BCUT2D eigenvalue weighted by Gasteiger charge is -2.24. The van der Waals surface area contributed by atoms with Crippen molar-refractivity contribution in [3.05, 3.63) is 59.9 Å². The van der Waals surface area contributed by atoms with Crippen molar-refractivity contribution >= 4 is 21.4 Å². The normalized spacial score (nSPS) is 23.5. The number of nitrogens with zero attached hydrogens (tertiary/aromatic N) is 3. The third kappa shape index (κ3) is 5.80. The number of hydrogen-bond acceptors (Lipinski definition) is 5. The van der Waals surface area contributed by atoms with Gasteiger partial charge in [-0.2, -0.15) is 17.5 Å². The monoisotopic (exact) mass is 529 g/mol. The molecule has 4 rings (SSSR count). The van der Waals surface area contributed by atoms with Gasteiger partial charge in [0.15, 0.2) is 5.78 Å². The fourth-order valence-electron chi connectivity index (χ4n) is 4.55. The number of benzene rings is 1. The van der Waals surface area contributed by atoms with Crippen LogP contribution in [0.5, 0.6) is 0 Å². The van der Waals surface area contributed by atoms with Crippen LogP contribution in [0.1, 0.15) is 43.5 Å². The largest absolute Gasteiger partial charge is 0.392 e. The maximum atomic E-state index is 14.2. The standard InChI is InChI=1S/C24H24F5N3O3S/c25-17-5-8-20(9-6-17)36(34,35)32-13-18(26)11-22(32)23(33)10-7-19-12-21(31-14-30-19)15-1-3-16(4-2-15)24(27,28)29/h1,5-6,8-9,12,14,16,18,22H,2-4,7,10-11,13H2/t16?,18?,22-/m0/s1. The molecule has 6 nitrogen and oxygen atoms in total. The van der Waals surface area contributed by atoms with Crippen molar-refractivity contribution in [1.82, 2.24) is 14.3 Å². The van der Waals surface area contributed by atoms with Crippen molar-refractivity contribution < 1.29 is 35.2 Å². The predicted molar refractivity (Wildman–Crippen MR) is 120 cm³/mol. The van der Waals surface area contributed by atoms with Gasteiger partial charge in [0.05, 0.1) is 22.5 Å². The molecule has 0 amide bonds. The number of sulfonamides is 1. The zero-order chi connectivity index (χ0) is 26.1. The van der Waals surface area contributed by atoms with Gasteiger partial charge in [-0.05, 0) is 61.6 Å². The third-order valence-electron chi connectivity index (χ3n) is 6.55. The molecule has 1 aliphatic heterocycles. The Morgan fingerprint density at radius 2 is 1.86 bits per heavy atom. The van der Waals surface area contributed by atoms with E-state index in [-0.39, 0.29) is 43.4 Å². The Kier molecular flexibility index (Phi) is 7.56. The molecule has 1 aromatic heterocycles. The Labute approximate surface area is 205 Å². The van der Waals surface area contributed by atoms with Crippen LogP contribution in [0, 0.1) is 11.7 Å². The summed E-state index contributed by atoms with van der Waals surface area (Å²) in [6.45, 7) is -0.471. The molecule has 2 aliphatic rings. The van der Waals surface area contributed by atoms with Crippen LogP contribution in [-0.4, -0.2) is 53.4 Å². The first-order chi connectivity index (χ1) is 16.9. The van der Waals surface area contributed by atoms with Gasteiger partial charge in [0, 0.05) is 25.1 Å². The van der Waals surface area contributed by atoms with Crippen LogP contribution >= 0.6 is 0 Å². The Morgan fingerprint density at radius 1 is 1.14 bits per heavy atom. The zero-order valence-electron chi connectivity index (χ0n) is 19.1. The number of Topliss-reactive ketones (excluding diaryl/α,β-unsaturated/α-hetero) is 1. The summed E-state index contributed by atoms with van der Waals surface area (Å²) in [5.74, 6) is -2.48. The van der Waals surface area contributed by atoms with Gasteiger partial charge >= 0.3 is 6.18 Å². The van der Waals surface area contributed by atoms with E-state index < -0.39 is 52.5 Å². The van der Waals surface area contributed by atoms with Crippen LogP contribution in [0.3, 0.4) is 0 Å². The summed E-state index contributed by atoms with van der Waals surface area (Å²) in [5, 5.41) is 0. The molecule has 0 radical (unpaired) electrons. The number of halogens is 5. The molecule has 0 spiro atoms. The van der Waals surface area contributed by atoms with Gasteiger partial charge in [0.25, 0.3) is 0 Å². The number of rotatable bonds is 7. The lowest BCUT2D eigenvalue weighted by molar-refractivity contribution is -0.175. The maximum absolute atomic E-state index is 14.2. The smallest absolute Gasteiger partial charge is 0.298 e. The van der Waals surface area contributed by atoms with Gasteiger partial charge in [0.1, 0.15) is 18.3 Å². The second-order valence-corrected chi connectivity index (χ2v) is 10.9. The van der Waals surface area contributed by atoms with Crippen LogP contribution in [0.15, 0.2) is 47.6 Å². The number of hydrogen-bond donors (Lipinski definition) is 0. The van der Waals surface area contributed by atoms with E-state index in [9.17, 15) is 35.2 Å². The summed E-state index contributed by atoms with van der Waals surface area (Å²) in [7, 11) is -4.21. The lowest BCUT2D eigenvalue weighted by Crippen LogP contribution is -2.40. The highest BCUT2D eigenvalue weighted by Crippen LogP contribution is 2.39. The topological polar surface area (TPSA) is 80.2 Å². The van der Waals surface area contributed by atoms with Crippen molar-refractivity contribution in [2.75, 3.05) is 6.54 Å². The maximum Gasteiger partial charge on any atom is 0.392 e. The first-order valence-corrected chi connectivity index (χ1v) is 12.9. The van der Waals surface area contributed by atoms with Crippen molar-refractivity contribution in [1.29, 1.82) is 0 Å². The van der Waals surface area contributed by atoms with Gasteiger partial charge in [-0.15, -0.1) is 0 Å².